The molecule has 2 aromatic heterocycles. The molecular formula is C15H19ClN4O2. The van der Waals surface area contributed by atoms with Gasteiger partial charge < -0.3 is 9.47 Å². The number of nitrogens with one attached hydrogen (secondary N) is 1. The van der Waals surface area contributed by atoms with Crippen molar-refractivity contribution in [3.05, 3.63) is 35.1 Å². The maximum atomic E-state index is 6.12. The highest BCUT2D eigenvalue weighted by molar-refractivity contribution is 6.31. The number of nitrogens with zero attached hydrogens (tertiary/aromatic N) is 3. The highest BCUT2D eigenvalue weighted by Crippen LogP contribution is 2.31. The van der Waals surface area contributed by atoms with Gasteiger partial charge in [-0.3, -0.25) is 10.00 Å². The van der Waals surface area contributed by atoms with Crippen LogP contribution in [-0.4, -0.2) is 53.4 Å². The second-order valence-electron chi connectivity index (χ2n) is 5.51. The van der Waals surface area contributed by atoms with Crippen molar-refractivity contribution in [2.45, 2.75) is 18.4 Å². The van der Waals surface area contributed by atoms with Gasteiger partial charge in [0.15, 0.2) is 0 Å². The number of likely N-dealkylation sites (tertiary alicyclic amines) is 1. The van der Waals surface area contributed by atoms with Gasteiger partial charge in [0.05, 0.1) is 13.3 Å². The van der Waals surface area contributed by atoms with Crippen LogP contribution in [0.15, 0.2) is 24.5 Å². The Labute approximate surface area is 134 Å². The summed E-state index contributed by atoms with van der Waals surface area (Å²) in [5.74, 6) is 1.39. The molecule has 0 aromatic carbocycles. The summed E-state index contributed by atoms with van der Waals surface area (Å²) in [4.78, 5) is 6.53. The van der Waals surface area contributed by atoms with Crippen LogP contribution in [0.1, 0.15) is 17.9 Å². The Morgan fingerprint density at radius 1 is 1.45 bits per heavy atom. The average molecular weight is 323 g/mol. The summed E-state index contributed by atoms with van der Waals surface area (Å²) in [5, 5.41) is 7.39. The predicted molar refractivity (Wildman–Crippen MR) is 83.7 cm³/mol. The summed E-state index contributed by atoms with van der Waals surface area (Å²) in [6.07, 6.45) is 4.88. The van der Waals surface area contributed by atoms with E-state index in [0.29, 0.717) is 35.3 Å². The fraction of sp³-hybridized carbons (Fsp3) is 0.467. The van der Waals surface area contributed by atoms with Crippen molar-refractivity contribution in [3.63, 3.8) is 0 Å². The van der Waals surface area contributed by atoms with Crippen LogP contribution in [0.5, 0.6) is 11.8 Å². The number of rotatable bonds is 5. The number of halogens is 1. The smallest absolute Gasteiger partial charge is 0.235 e. The lowest BCUT2D eigenvalue weighted by molar-refractivity contribution is 0.192. The molecule has 0 saturated carbocycles. The zero-order valence-electron chi connectivity index (χ0n) is 12.6. The average Bonchev–Trinajstić information content (AvgIpc) is 3.16. The zero-order chi connectivity index (χ0) is 15.5. The molecule has 7 heteroatoms. The summed E-state index contributed by atoms with van der Waals surface area (Å²) in [7, 11) is 3.68. The van der Waals surface area contributed by atoms with Crippen molar-refractivity contribution in [1.82, 2.24) is 20.1 Å². The molecule has 0 bridgehead atoms. The number of hydrogen-bond acceptors (Lipinski definition) is 5. The minimum atomic E-state index is 0.323. The van der Waals surface area contributed by atoms with Crippen LogP contribution < -0.4 is 9.47 Å². The molecule has 3 rings (SSSR count). The molecule has 118 valence electrons. The summed E-state index contributed by atoms with van der Waals surface area (Å²) in [6.45, 7) is 1.54. The first kappa shape index (κ1) is 15.1. The van der Waals surface area contributed by atoms with Crippen LogP contribution in [-0.2, 0) is 0 Å². The topological polar surface area (TPSA) is 63.3 Å². The summed E-state index contributed by atoms with van der Waals surface area (Å²) in [5.41, 5.74) is 1.24. The van der Waals surface area contributed by atoms with E-state index in [2.05, 4.69) is 27.1 Å². The third-order valence-corrected chi connectivity index (χ3v) is 4.38. The zero-order valence-corrected chi connectivity index (χ0v) is 13.4. The van der Waals surface area contributed by atoms with Crippen LogP contribution in [0.2, 0.25) is 5.02 Å². The molecule has 0 aliphatic carbocycles. The Bertz CT molecular complexity index is 620. The highest BCUT2D eigenvalue weighted by Gasteiger charge is 2.31. The van der Waals surface area contributed by atoms with Gasteiger partial charge in [0.2, 0.25) is 11.8 Å². The molecule has 3 heterocycles. The molecule has 0 spiro atoms. The summed E-state index contributed by atoms with van der Waals surface area (Å²) >= 11 is 6.12. The Morgan fingerprint density at radius 2 is 2.32 bits per heavy atom. The first-order valence-corrected chi connectivity index (χ1v) is 7.57. The SMILES string of the molecule is COc1ccc(Cl)c(OCC2CC(c3cn[nH]c3)CN2C)n1. The van der Waals surface area contributed by atoms with Crippen molar-refractivity contribution < 1.29 is 9.47 Å². The minimum absolute atomic E-state index is 0.323. The third kappa shape index (κ3) is 3.18. The van der Waals surface area contributed by atoms with E-state index in [1.807, 2.05) is 12.4 Å². The number of likely N-dealkylation sites (N-methyl/N-ethyl adjacent to an activating group) is 1. The second kappa shape index (κ2) is 6.54. The Kier molecular flexibility index (Phi) is 4.49. The maximum Gasteiger partial charge on any atom is 0.235 e. The number of aromatic nitrogens is 3. The Morgan fingerprint density at radius 3 is 3.05 bits per heavy atom. The van der Waals surface area contributed by atoms with Crippen LogP contribution in [0.4, 0.5) is 0 Å². The van der Waals surface area contributed by atoms with Gasteiger partial charge in [-0.05, 0) is 25.1 Å². The fourth-order valence-corrected chi connectivity index (χ4v) is 2.96. The van der Waals surface area contributed by atoms with E-state index in [9.17, 15) is 0 Å². The van der Waals surface area contributed by atoms with Gasteiger partial charge in [-0.25, -0.2) is 0 Å². The Balaban J connectivity index is 1.62. The van der Waals surface area contributed by atoms with Crippen LogP contribution in [0, 0.1) is 0 Å². The van der Waals surface area contributed by atoms with Gasteiger partial charge in [-0.1, -0.05) is 11.6 Å². The van der Waals surface area contributed by atoms with Crippen LogP contribution in [0.3, 0.4) is 0 Å². The molecule has 6 nitrogen and oxygen atoms in total. The second-order valence-corrected chi connectivity index (χ2v) is 5.92. The molecule has 2 unspecified atom stereocenters. The number of H-pyrrole nitrogens is 1. The molecule has 1 N–H and O–H groups in total. The lowest BCUT2D eigenvalue weighted by atomic mass is 10.00. The number of methoxy groups -OCH3 is 1. The monoisotopic (exact) mass is 322 g/mol. The number of hydrogen-bond donors (Lipinski definition) is 1. The van der Waals surface area contributed by atoms with Crippen LogP contribution in [0.25, 0.3) is 0 Å². The quantitative estimate of drug-likeness (QED) is 0.915. The Hall–Kier alpha value is -1.79. The maximum absolute atomic E-state index is 6.12. The van der Waals surface area contributed by atoms with E-state index in [1.165, 1.54) is 5.56 Å². The van der Waals surface area contributed by atoms with E-state index >= 15 is 0 Å². The number of ether oxygens (including phenoxy) is 2. The lowest BCUT2D eigenvalue weighted by Crippen LogP contribution is -2.30. The first-order chi connectivity index (χ1) is 10.7. The molecule has 0 amide bonds. The summed E-state index contributed by atoms with van der Waals surface area (Å²) in [6, 6.07) is 3.77. The normalized spacial score (nSPS) is 22.0. The first-order valence-electron chi connectivity index (χ1n) is 7.19. The molecule has 2 atom stereocenters. The van der Waals surface area contributed by atoms with Crippen molar-refractivity contribution in [2.75, 3.05) is 27.3 Å². The van der Waals surface area contributed by atoms with Crippen molar-refractivity contribution >= 4 is 11.6 Å². The largest absolute Gasteiger partial charge is 0.481 e. The van der Waals surface area contributed by atoms with Gasteiger partial charge >= 0.3 is 0 Å². The number of pyridine rings is 1. The third-order valence-electron chi connectivity index (χ3n) is 4.09. The van der Waals surface area contributed by atoms with Crippen molar-refractivity contribution in [3.8, 4) is 11.8 Å². The van der Waals surface area contributed by atoms with Gasteiger partial charge in [0, 0.05) is 30.8 Å². The number of aromatic amines is 1. The van der Waals surface area contributed by atoms with Crippen molar-refractivity contribution in [1.29, 1.82) is 0 Å². The van der Waals surface area contributed by atoms with E-state index in [0.717, 1.165) is 13.0 Å². The van der Waals surface area contributed by atoms with Crippen LogP contribution >= 0.6 is 11.6 Å². The van der Waals surface area contributed by atoms with Crippen molar-refractivity contribution in [2.24, 2.45) is 0 Å². The molecule has 1 fully saturated rings. The molecule has 0 radical (unpaired) electrons. The molecule has 1 saturated heterocycles. The lowest BCUT2D eigenvalue weighted by Gasteiger charge is -2.19. The molecule has 1 aliphatic rings. The van der Waals surface area contributed by atoms with Gasteiger partial charge in [0.25, 0.3) is 0 Å². The molecule has 2 aromatic rings. The highest BCUT2D eigenvalue weighted by atomic mass is 35.5. The standard InChI is InChI=1S/C15H19ClN4O2/c1-20-8-10(11-6-17-18-7-11)5-12(20)9-22-15-13(16)3-4-14(19-15)21-2/h3-4,6-7,10,12H,5,8-9H2,1-2H3,(H,17,18). The van der Waals surface area contributed by atoms with E-state index in [1.54, 1.807) is 19.2 Å². The molecule has 22 heavy (non-hydrogen) atoms. The van der Waals surface area contributed by atoms with E-state index in [-0.39, 0.29) is 0 Å². The predicted octanol–water partition coefficient (Wildman–Crippen LogP) is 2.33. The van der Waals surface area contributed by atoms with E-state index in [4.69, 9.17) is 21.1 Å². The van der Waals surface area contributed by atoms with Gasteiger partial charge in [-0.15, -0.1) is 0 Å². The fourth-order valence-electron chi connectivity index (χ4n) is 2.80. The van der Waals surface area contributed by atoms with E-state index < -0.39 is 0 Å². The van der Waals surface area contributed by atoms with Gasteiger partial charge in [0.1, 0.15) is 11.6 Å². The molecular weight excluding hydrogens is 304 g/mol. The summed E-state index contributed by atoms with van der Waals surface area (Å²) < 4.78 is 10.9. The minimum Gasteiger partial charge on any atom is -0.481 e. The van der Waals surface area contributed by atoms with Gasteiger partial charge in [-0.2, -0.15) is 10.1 Å². The molecule has 1 aliphatic heterocycles.